The number of aryl methyl sites for hydroxylation is 1. The molecule has 9 heteroatoms. The normalized spacial score (nSPS) is 12.7. The summed E-state index contributed by atoms with van der Waals surface area (Å²) in [6.45, 7) is 1.43. The molecule has 1 aliphatic heterocycles. The molecule has 0 unspecified atom stereocenters. The molecule has 0 saturated carbocycles. The maximum Gasteiger partial charge on any atom is 0.417 e. The van der Waals surface area contributed by atoms with E-state index in [9.17, 15) is 23.2 Å². The van der Waals surface area contributed by atoms with E-state index in [0.717, 1.165) is 27.6 Å². The third-order valence-electron chi connectivity index (χ3n) is 4.55. The molecule has 1 aromatic heterocycles. The second-order valence-electron chi connectivity index (χ2n) is 6.66. The van der Waals surface area contributed by atoms with E-state index in [0.29, 0.717) is 11.4 Å². The van der Waals surface area contributed by atoms with Crippen LogP contribution in [0, 0.1) is 18.3 Å². The third kappa shape index (κ3) is 4.13. The standard InChI is InChI=1S/C22H14F3N3OS2/c1-13-10-15(22(23,24)25)14(11-26)21(27-13)30-12-20(29)28-16-6-2-4-8-18(16)31-19-9-5-3-7-17(19)28/h2-10H,12H2,1H3. The Kier molecular flexibility index (Phi) is 5.69. The molecule has 1 aliphatic rings. The zero-order valence-electron chi connectivity index (χ0n) is 16.1. The van der Waals surface area contributed by atoms with Crippen molar-refractivity contribution in [3.05, 3.63) is 71.4 Å². The topological polar surface area (TPSA) is 57.0 Å². The Balaban J connectivity index is 1.67. The molecule has 0 fully saturated rings. The van der Waals surface area contributed by atoms with Gasteiger partial charge in [0, 0.05) is 15.5 Å². The molecule has 0 spiro atoms. The van der Waals surface area contributed by atoms with Gasteiger partial charge >= 0.3 is 6.18 Å². The van der Waals surface area contributed by atoms with Crippen molar-refractivity contribution in [2.45, 2.75) is 27.9 Å². The number of aromatic nitrogens is 1. The number of rotatable bonds is 3. The van der Waals surface area contributed by atoms with Crippen LogP contribution in [-0.2, 0) is 11.0 Å². The summed E-state index contributed by atoms with van der Waals surface area (Å²) in [5, 5.41) is 9.23. The van der Waals surface area contributed by atoms with Gasteiger partial charge in [0.1, 0.15) is 11.1 Å². The monoisotopic (exact) mass is 457 g/mol. The molecule has 0 aliphatic carbocycles. The van der Waals surface area contributed by atoms with Gasteiger partial charge in [-0.3, -0.25) is 9.69 Å². The van der Waals surface area contributed by atoms with Gasteiger partial charge in [0.25, 0.3) is 0 Å². The predicted molar refractivity (Wildman–Crippen MR) is 114 cm³/mol. The van der Waals surface area contributed by atoms with Gasteiger partial charge in [0.05, 0.1) is 28.3 Å². The van der Waals surface area contributed by atoms with Gasteiger partial charge in [-0.05, 0) is 37.3 Å². The first-order chi connectivity index (χ1) is 14.8. The summed E-state index contributed by atoms with van der Waals surface area (Å²) in [5.74, 6) is -0.485. The van der Waals surface area contributed by atoms with Crippen molar-refractivity contribution in [2.24, 2.45) is 0 Å². The molecule has 4 nitrogen and oxygen atoms in total. The number of nitrogens with zero attached hydrogens (tertiary/aromatic N) is 3. The van der Waals surface area contributed by atoms with Crippen LogP contribution in [0.4, 0.5) is 24.5 Å². The first-order valence-corrected chi connectivity index (χ1v) is 10.9. The van der Waals surface area contributed by atoms with Crippen molar-refractivity contribution in [3.8, 4) is 6.07 Å². The number of alkyl halides is 3. The van der Waals surface area contributed by atoms with Crippen LogP contribution in [0.1, 0.15) is 16.8 Å². The van der Waals surface area contributed by atoms with Gasteiger partial charge < -0.3 is 0 Å². The molecule has 3 aromatic rings. The highest BCUT2D eigenvalue weighted by molar-refractivity contribution is 8.00. The number of anilines is 2. The summed E-state index contributed by atoms with van der Waals surface area (Å²) in [6, 6.07) is 17.3. The fourth-order valence-corrected chi connectivity index (χ4v) is 5.20. The smallest absolute Gasteiger partial charge is 0.278 e. The number of thioether (sulfide) groups is 1. The molecular formula is C22H14F3N3OS2. The van der Waals surface area contributed by atoms with E-state index in [1.807, 2.05) is 48.5 Å². The number of benzene rings is 2. The molecule has 31 heavy (non-hydrogen) atoms. The molecule has 2 aromatic carbocycles. The molecular weight excluding hydrogens is 443 g/mol. The Labute approximate surface area is 185 Å². The minimum atomic E-state index is -4.68. The Hall–Kier alpha value is -2.96. The summed E-state index contributed by atoms with van der Waals surface area (Å²) in [7, 11) is 0. The second kappa shape index (κ2) is 8.29. The molecule has 2 heterocycles. The van der Waals surface area contributed by atoms with Crippen molar-refractivity contribution < 1.29 is 18.0 Å². The summed E-state index contributed by atoms with van der Waals surface area (Å²) < 4.78 is 40.1. The molecule has 4 rings (SSSR count). The van der Waals surface area contributed by atoms with E-state index in [1.165, 1.54) is 6.92 Å². The summed E-state index contributed by atoms with van der Waals surface area (Å²) in [6.07, 6.45) is -4.68. The zero-order valence-corrected chi connectivity index (χ0v) is 17.7. The Bertz CT molecular complexity index is 1180. The maximum atomic E-state index is 13.4. The van der Waals surface area contributed by atoms with Gasteiger partial charge in [-0.1, -0.05) is 47.8 Å². The van der Waals surface area contributed by atoms with Crippen LogP contribution in [0.2, 0.25) is 0 Å². The predicted octanol–water partition coefficient (Wildman–Crippen LogP) is 6.20. The van der Waals surface area contributed by atoms with Crippen LogP contribution in [0.25, 0.3) is 0 Å². The highest BCUT2D eigenvalue weighted by atomic mass is 32.2. The van der Waals surface area contributed by atoms with Gasteiger partial charge in [0.2, 0.25) is 5.91 Å². The molecule has 0 atom stereocenters. The lowest BCUT2D eigenvalue weighted by molar-refractivity contribution is -0.138. The van der Waals surface area contributed by atoms with Crippen LogP contribution >= 0.6 is 23.5 Å². The zero-order chi connectivity index (χ0) is 22.2. The number of halogens is 3. The molecule has 156 valence electrons. The van der Waals surface area contributed by atoms with Crippen molar-refractivity contribution in [2.75, 3.05) is 10.7 Å². The first kappa shape index (κ1) is 21.3. The van der Waals surface area contributed by atoms with Crippen molar-refractivity contribution in [1.82, 2.24) is 4.98 Å². The minimum Gasteiger partial charge on any atom is -0.278 e. The number of para-hydroxylation sites is 2. The second-order valence-corrected chi connectivity index (χ2v) is 8.70. The average Bonchev–Trinajstić information content (AvgIpc) is 2.74. The maximum absolute atomic E-state index is 13.4. The number of carbonyl (C=O) groups is 1. The number of carbonyl (C=O) groups excluding carboxylic acids is 1. The van der Waals surface area contributed by atoms with Crippen LogP contribution in [0.5, 0.6) is 0 Å². The van der Waals surface area contributed by atoms with E-state index in [4.69, 9.17) is 0 Å². The Morgan fingerprint density at radius 2 is 1.71 bits per heavy atom. The van der Waals surface area contributed by atoms with E-state index in [-0.39, 0.29) is 22.4 Å². The van der Waals surface area contributed by atoms with Crippen LogP contribution in [0.15, 0.2) is 69.4 Å². The molecule has 0 saturated heterocycles. The largest absolute Gasteiger partial charge is 0.417 e. The number of pyridine rings is 1. The van der Waals surface area contributed by atoms with E-state index >= 15 is 0 Å². The van der Waals surface area contributed by atoms with Crippen molar-refractivity contribution in [3.63, 3.8) is 0 Å². The number of amides is 1. The van der Waals surface area contributed by atoms with E-state index < -0.39 is 17.3 Å². The average molecular weight is 458 g/mol. The molecule has 0 N–H and O–H groups in total. The Morgan fingerprint density at radius 3 is 2.26 bits per heavy atom. The highest BCUT2D eigenvalue weighted by Gasteiger charge is 2.36. The van der Waals surface area contributed by atoms with Gasteiger partial charge in [-0.2, -0.15) is 18.4 Å². The van der Waals surface area contributed by atoms with Crippen LogP contribution in [-0.4, -0.2) is 16.6 Å². The van der Waals surface area contributed by atoms with Crippen molar-refractivity contribution in [1.29, 1.82) is 5.26 Å². The first-order valence-electron chi connectivity index (χ1n) is 9.10. The summed E-state index contributed by atoms with van der Waals surface area (Å²) in [5.41, 5.74) is -0.0456. The third-order valence-corrected chi connectivity index (χ3v) is 6.64. The van der Waals surface area contributed by atoms with E-state index in [1.54, 1.807) is 22.7 Å². The highest BCUT2D eigenvalue weighted by Crippen LogP contribution is 2.48. The number of fused-ring (bicyclic) bond motifs is 2. The lowest BCUT2D eigenvalue weighted by Gasteiger charge is -2.31. The quantitative estimate of drug-likeness (QED) is 0.438. The number of hydrogen-bond donors (Lipinski definition) is 0. The minimum absolute atomic E-state index is 0.101. The SMILES string of the molecule is Cc1cc(C(F)(F)F)c(C#N)c(SCC(=O)N2c3ccccc3Sc3ccccc32)n1. The van der Waals surface area contributed by atoms with Crippen LogP contribution < -0.4 is 4.90 Å². The Morgan fingerprint density at radius 1 is 1.13 bits per heavy atom. The van der Waals surface area contributed by atoms with Gasteiger partial charge in [-0.25, -0.2) is 4.98 Å². The van der Waals surface area contributed by atoms with E-state index in [2.05, 4.69) is 4.98 Å². The van der Waals surface area contributed by atoms with Crippen LogP contribution in [0.3, 0.4) is 0 Å². The fourth-order valence-electron chi connectivity index (χ4n) is 3.25. The van der Waals surface area contributed by atoms with Gasteiger partial charge in [0.15, 0.2) is 0 Å². The number of nitriles is 1. The lowest BCUT2D eigenvalue weighted by atomic mass is 10.1. The molecule has 1 amide bonds. The van der Waals surface area contributed by atoms with Gasteiger partial charge in [-0.15, -0.1) is 0 Å². The molecule has 0 radical (unpaired) electrons. The fraction of sp³-hybridized carbons (Fsp3) is 0.136. The lowest BCUT2D eigenvalue weighted by Crippen LogP contribution is -2.30. The van der Waals surface area contributed by atoms with Crippen molar-refractivity contribution >= 4 is 40.8 Å². The number of hydrogen-bond acceptors (Lipinski definition) is 5. The molecule has 0 bridgehead atoms. The summed E-state index contributed by atoms with van der Waals surface area (Å²) >= 11 is 2.39. The summed E-state index contributed by atoms with van der Waals surface area (Å²) in [4.78, 5) is 20.7.